The molecule has 210 valence electrons. The molecule has 0 atom stereocenters. The third kappa shape index (κ3) is 5.18. The standard InChI is InChI=1S/C33H42N6O/c1-4-5-8-30-35-33(15-6-7-16-33)31(40)39(30)23-24-9-11-25(12-10-24)28-21-26(38-19-17-32(2,3)18-20-38)13-14-27(28)29-22-34-37-36-29/h9-14,21-22H,4-8,15-20,23H2,1-3H3,(H,34,36,37). The van der Waals surface area contributed by atoms with E-state index in [4.69, 9.17) is 4.99 Å². The Balaban J connectivity index is 1.27. The quantitative estimate of drug-likeness (QED) is 0.335. The maximum Gasteiger partial charge on any atom is 0.256 e. The molecule has 1 spiro atoms. The first-order valence-electron chi connectivity index (χ1n) is 15.1. The van der Waals surface area contributed by atoms with Gasteiger partial charge in [0.15, 0.2) is 0 Å². The lowest BCUT2D eigenvalue weighted by Gasteiger charge is -2.38. The van der Waals surface area contributed by atoms with Gasteiger partial charge in [0.1, 0.15) is 17.1 Å². The zero-order chi connectivity index (χ0) is 27.7. The molecule has 7 heteroatoms. The number of unbranched alkanes of at least 4 members (excludes halogenated alkanes) is 1. The zero-order valence-electron chi connectivity index (χ0n) is 24.2. The Labute approximate surface area is 238 Å². The molecule has 1 aliphatic carbocycles. The van der Waals surface area contributed by atoms with E-state index in [9.17, 15) is 4.79 Å². The molecular weight excluding hydrogens is 496 g/mol. The third-order valence-electron chi connectivity index (χ3n) is 9.26. The molecular formula is C33H42N6O. The van der Waals surface area contributed by atoms with Gasteiger partial charge in [0.05, 0.1) is 12.7 Å². The second kappa shape index (κ2) is 10.8. The lowest BCUT2D eigenvalue weighted by molar-refractivity contribution is -0.131. The van der Waals surface area contributed by atoms with E-state index in [1.54, 1.807) is 6.20 Å². The fourth-order valence-corrected chi connectivity index (χ4v) is 6.56. The fourth-order valence-electron chi connectivity index (χ4n) is 6.56. The highest BCUT2D eigenvalue weighted by atomic mass is 16.2. The molecule has 0 unspecified atom stereocenters. The number of hydrogen-bond acceptors (Lipinski definition) is 5. The van der Waals surface area contributed by atoms with Gasteiger partial charge in [-0.15, -0.1) is 0 Å². The van der Waals surface area contributed by atoms with Gasteiger partial charge >= 0.3 is 0 Å². The number of aromatic amines is 1. The summed E-state index contributed by atoms with van der Waals surface area (Å²) in [6, 6.07) is 15.4. The van der Waals surface area contributed by atoms with E-state index in [2.05, 4.69) is 83.5 Å². The zero-order valence-corrected chi connectivity index (χ0v) is 24.2. The maximum absolute atomic E-state index is 13.6. The van der Waals surface area contributed by atoms with Crippen LogP contribution in [0.1, 0.15) is 84.1 Å². The summed E-state index contributed by atoms with van der Waals surface area (Å²) < 4.78 is 0. The van der Waals surface area contributed by atoms with Crippen molar-refractivity contribution in [3.05, 3.63) is 54.2 Å². The predicted molar refractivity (Wildman–Crippen MR) is 161 cm³/mol. The second-order valence-corrected chi connectivity index (χ2v) is 12.7. The van der Waals surface area contributed by atoms with Crippen LogP contribution in [-0.4, -0.2) is 50.7 Å². The molecule has 3 aromatic rings. The van der Waals surface area contributed by atoms with Crippen LogP contribution in [0.25, 0.3) is 22.4 Å². The van der Waals surface area contributed by atoms with E-state index in [-0.39, 0.29) is 5.91 Å². The summed E-state index contributed by atoms with van der Waals surface area (Å²) in [7, 11) is 0. The molecule has 3 aliphatic rings. The summed E-state index contributed by atoms with van der Waals surface area (Å²) in [4.78, 5) is 23.1. The SMILES string of the molecule is CCCCC1=NC2(CCCC2)C(=O)N1Cc1ccc(-c2cc(N3CCC(C)(C)CC3)ccc2-c2cn[nH]n2)cc1. The highest BCUT2D eigenvalue weighted by Gasteiger charge is 2.49. The highest BCUT2D eigenvalue weighted by Crippen LogP contribution is 2.41. The Bertz CT molecular complexity index is 1360. The number of amides is 1. The summed E-state index contributed by atoms with van der Waals surface area (Å²) >= 11 is 0. The van der Waals surface area contributed by atoms with Crippen molar-refractivity contribution in [3.63, 3.8) is 0 Å². The molecule has 2 aliphatic heterocycles. The van der Waals surface area contributed by atoms with E-state index < -0.39 is 5.54 Å². The number of aromatic nitrogens is 3. The summed E-state index contributed by atoms with van der Waals surface area (Å²) in [6.07, 6.45) is 11.2. The van der Waals surface area contributed by atoms with Crippen molar-refractivity contribution >= 4 is 17.4 Å². The van der Waals surface area contributed by atoms with Crippen LogP contribution >= 0.6 is 0 Å². The highest BCUT2D eigenvalue weighted by molar-refractivity contribution is 6.08. The van der Waals surface area contributed by atoms with Gasteiger partial charge in [-0.1, -0.05) is 70.4 Å². The van der Waals surface area contributed by atoms with Crippen LogP contribution in [0.5, 0.6) is 0 Å². The Morgan fingerprint density at radius 1 is 0.950 bits per heavy atom. The van der Waals surface area contributed by atoms with Gasteiger partial charge in [-0.3, -0.25) is 14.7 Å². The Morgan fingerprint density at radius 3 is 2.38 bits per heavy atom. The molecule has 1 saturated carbocycles. The van der Waals surface area contributed by atoms with E-state index in [0.717, 1.165) is 91.8 Å². The largest absolute Gasteiger partial charge is 0.371 e. The first-order valence-corrected chi connectivity index (χ1v) is 15.1. The van der Waals surface area contributed by atoms with Crippen molar-refractivity contribution < 1.29 is 4.79 Å². The number of nitrogens with one attached hydrogen (secondary N) is 1. The van der Waals surface area contributed by atoms with Crippen LogP contribution in [0, 0.1) is 5.41 Å². The minimum absolute atomic E-state index is 0.214. The van der Waals surface area contributed by atoms with Gasteiger partial charge in [0.25, 0.3) is 5.91 Å². The van der Waals surface area contributed by atoms with Crippen molar-refractivity contribution in [2.45, 2.75) is 90.6 Å². The lowest BCUT2D eigenvalue weighted by atomic mass is 9.82. The minimum Gasteiger partial charge on any atom is -0.371 e. The van der Waals surface area contributed by atoms with Crippen LogP contribution in [0.4, 0.5) is 5.69 Å². The summed E-state index contributed by atoms with van der Waals surface area (Å²) in [5, 5.41) is 11.2. The van der Waals surface area contributed by atoms with Crippen molar-refractivity contribution in [1.29, 1.82) is 0 Å². The average Bonchev–Trinajstić information content (AvgIpc) is 3.72. The number of hydrogen-bond donors (Lipinski definition) is 1. The molecule has 3 heterocycles. The van der Waals surface area contributed by atoms with Gasteiger partial charge in [-0.05, 0) is 66.3 Å². The van der Waals surface area contributed by atoms with Crippen molar-refractivity contribution in [3.8, 4) is 22.4 Å². The molecule has 1 amide bonds. The van der Waals surface area contributed by atoms with Crippen LogP contribution in [0.2, 0.25) is 0 Å². The molecule has 0 bridgehead atoms. The number of benzene rings is 2. The number of nitrogens with zero attached hydrogens (tertiary/aromatic N) is 5. The Kier molecular flexibility index (Phi) is 7.24. The van der Waals surface area contributed by atoms with Crippen LogP contribution in [0.15, 0.2) is 53.7 Å². The van der Waals surface area contributed by atoms with Gasteiger partial charge < -0.3 is 4.90 Å². The summed E-state index contributed by atoms with van der Waals surface area (Å²) in [5.41, 5.74) is 6.50. The monoisotopic (exact) mass is 538 g/mol. The van der Waals surface area contributed by atoms with E-state index >= 15 is 0 Å². The number of carbonyl (C=O) groups excluding carboxylic acids is 1. The minimum atomic E-state index is -0.486. The molecule has 1 saturated heterocycles. The first kappa shape index (κ1) is 26.7. The van der Waals surface area contributed by atoms with Gasteiger partial charge in [0, 0.05) is 30.8 Å². The number of piperidine rings is 1. The predicted octanol–water partition coefficient (Wildman–Crippen LogP) is 7.01. The topological polar surface area (TPSA) is 77.5 Å². The number of anilines is 1. The Morgan fingerprint density at radius 2 is 1.70 bits per heavy atom. The van der Waals surface area contributed by atoms with E-state index in [0.29, 0.717) is 12.0 Å². The number of aliphatic imine (C=N–C) groups is 1. The first-order chi connectivity index (χ1) is 19.4. The molecule has 6 rings (SSSR count). The van der Waals surface area contributed by atoms with Gasteiger partial charge in [-0.2, -0.15) is 15.4 Å². The average molecular weight is 539 g/mol. The van der Waals surface area contributed by atoms with E-state index in [1.807, 2.05) is 4.90 Å². The number of amidine groups is 1. The van der Waals surface area contributed by atoms with Crippen molar-refractivity contribution in [2.75, 3.05) is 18.0 Å². The summed E-state index contributed by atoms with van der Waals surface area (Å²) in [5.74, 6) is 1.20. The molecule has 1 N–H and O–H groups in total. The maximum atomic E-state index is 13.6. The summed E-state index contributed by atoms with van der Waals surface area (Å²) in [6.45, 7) is 9.66. The molecule has 2 aromatic carbocycles. The van der Waals surface area contributed by atoms with Crippen molar-refractivity contribution in [2.24, 2.45) is 10.4 Å². The molecule has 7 nitrogen and oxygen atoms in total. The second-order valence-electron chi connectivity index (χ2n) is 12.7. The number of carbonyl (C=O) groups is 1. The molecule has 0 radical (unpaired) electrons. The molecule has 2 fully saturated rings. The fraction of sp³-hybridized carbons (Fsp3) is 0.515. The van der Waals surface area contributed by atoms with Gasteiger partial charge in [-0.25, -0.2) is 0 Å². The molecule has 40 heavy (non-hydrogen) atoms. The van der Waals surface area contributed by atoms with Gasteiger partial charge in [0.2, 0.25) is 0 Å². The van der Waals surface area contributed by atoms with Crippen LogP contribution in [-0.2, 0) is 11.3 Å². The molecule has 1 aromatic heterocycles. The van der Waals surface area contributed by atoms with E-state index in [1.165, 1.54) is 18.5 Å². The van der Waals surface area contributed by atoms with Crippen molar-refractivity contribution in [1.82, 2.24) is 20.3 Å². The number of rotatable bonds is 8. The third-order valence-corrected chi connectivity index (χ3v) is 9.26. The lowest BCUT2D eigenvalue weighted by Crippen LogP contribution is -2.40. The smallest absolute Gasteiger partial charge is 0.256 e. The van der Waals surface area contributed by atoms with Crippen LogP contribution in [0.3, 0.4) is 0 Å². The normalized spacial score (nSPS) is 20.0. The number of H-pyrrole nitrogens is 1. The Hall–Kier alpha value is -3.48. The van der Waals surface area contributed by atoms with Crippen LogP contribution < -0.4 is 4.90 Å².